The van der Waals surface area contributed by atoms with Crippen molar-refractivity contribution >= 4 is 39.9 Å². The number of carboxylic acid groups (broad SMARTS) is 1. The number of carboxylic acids is 1. The molecule has 0 amide bonds. The largest absolute Gasteiger partial charge is 0.478 e. The number of nitrogens with zero attached hydrogens (tertiary/aromatic N) is 2. The molecule has 0 saturated carbocycles. The van der Waals surface area contributed by atoms with Crippen LogP contribution in [0.15, 0.2) is 64.6 Å². The molecule has 2 aromatic rings. The van der Waals surface area contributed by atoms with Crippen LogP contribution in [0.2, 0.25) is 0 Å². The van der Waals surface area contributed by atoms with E-state index in [1.54, 1.807) is 29.2 Å². The summed E-state index contributed by atoms with van der Waals surface area (Å²) < 4.78 is 30.2. The summed E-state index contributed by atoms with van der Waals surface area (Å²) in [6.07, 6.45) is 4.85. The minimum Gasteiger partial charge on any atom is -0.478 e. The molecule has 0 bridgehead atoms. The Labute approximate surface area is 201 Å². The molecule has 3 rings (SSSR count). The van der Waals surface area contributed by atoms with Crippen molar-refractivity contribution in [3.63, 3.8) is 0 Å². The number of rotatable bonds is 9. The first-order valence-corrected chi connectivity index (χ1v) is 13.5. The second-order valence-corrected chi connectivity index (χ2v) is 11.1. The number of benzene rings is 2. The van der Waals surface area contributed by atoms with Crippen molar-refractivity contribution in [2.45, 2.75) is 48.9 Å². The van der Waals surface area contributed by atoms with E-state index in [0.29, 0.717) is 17.2 Å². The number of hydrogen-bond acceptors (Lipinski definition) is 7. The zero-order valence-electron chi connectivity index (χ0n) is 19.2. The second kappa shape index (κ2) is 11.3. The Balaban J connectivity index is 2.19. The molecule has 0 fully saturated rings. The molecule has 3 N–H and O–H groups in total. The second-order valence-electron chi connectivity index (χ2n) is 7.77. The number of unbranched alkanes of at least 4 members (excludes halogenated alkanes) is 1. The van der Waals surface area contributed by atoms with E-state index in [1.165, 1.54) is 0 Å². The van der Waals surface area contributed by atoms with Crippen LogP contribution in [-0.4, -0.2) is 49.9 Å². The summed E-state index contributed by atoms with van der Waals surface area (Å²) in [5.74, 6) is 0.0530. The summed E-state index contributed by atoms with van der Waals surface area (Å²) in [7, 11) is -1.55. The van der Waals surface area contributed by atoms with Crippen LogP contribution in [0.4, 0.5) is 11.4 Å². The fourth-order valence-corrected chi connectivity index (χ4v) is 6.21. The molecule has 1 heterocycles. The van der Waals surface area contributed by atoms with Crippen LogP contribution < -0.4 is 9.64 Å². The van der Waals surface area contributed by atoms with Gasteiger partial charge in [0.15, 0.2) is 0 Å². The lowest BCUT2D eigenvalue weighted by Crippen LogP contribution is -2.39. The van der Waals surface area contributed by atoms with Gasteiger partial charge in [0.1, 0.15) is 10.6 Å². The van der Waals surface area contributed by atoms with Crippen molar-refractivity contribution in [1.82, 2.24) is 4.31 Å². The highest BCUT2D eigenvalue weighted by atomic mass is 32.3. The standard InChI is InChI=1S/C24H32N2O5S2/c1-4-6-10-19-17-26(18-11-8-7-9-12-18)20-15-22(32-5-2)21(31-14-13-24(27)28)16-23(20)33(29,30)25(19)3/h7-9,11-16,19,29-30H,4-6,10,17H2,1-3H3,(H,27,28)/b14-13+/t19-/m0/s1. The third kappa shape index (κ3) is 5.85. The van der Waals surface area contributed by atoms with Crippen LogP contribution in [0.3, 0.4) is 0 Å². The lowest BCUT2D eigenvalue weighted by molar-refractivity contribution is -0.131. The Hall–Kier alpha value is -2.17. The lowest BCUT2D eigenvalue weighted by atomic mass is 10.1. The molecule has 0 spiro atoms. The number of para-hydroxylation sites is 1. The molecule has 1 aliphatic heterocycles. The van der Waals surface area contributed by atoms with Crippen LogP contribution in [0.5, 0.6) is 5.75 Å². The normalized spacial score (nSPS) is 19.2. The molecule has 2 aromatic carbocycles. The average Bonchev–Trinajstić information content (AvgIpc) is 2.87. The number of fused-ring (bicyclic) bond motifs is 1. The quantitative estimate of drug-likeness (QED) is 0.209. The van der Waals surface area contributed by atoms with Gasteiger partial charge in [0.2, 0.25) is 0 Å². The van der Waals surface area contributed by atoms with Crippen molar-refractivity contribution in [2.24, 2.45) is 0 Å². The molecule has 0 aliphatic carbocycles. The summed E-state index contributed by atoms with van der Waals surface area (Å²) >= 11 is 1.55. The van der Waals surface area contributed by atoms with Gasteiger partial charge in [-0.25, -0.2) is 9.10 Å². The number of aliphatic carboxylic acids is 1. The third-order valence-electron chi connectivity index (χ3n) is 5.58. The third-order valence-corrected chi connectivity index (χ3v) is 8.52. The van der Waals surface area contributed by atoms with E-state index in [4.69, 9.17) is 9.84 Å². The maximum atomic E-state index is 11.4. The van der Waals surface area contributed by atoms with Gasteiger partial charge in [-0.3, -0.25) is 9.11 Å². The molecule has 180 valence electrons. The molecular formula is C24H32N2O5S2. The Kier molecular flexibility index (Phi) is 8.72. The molecule has 33 heavy (non-hydrogen) atoms. The minimum absolute atomic E-state index is 0.0684. The predicted molar refractivity (Wildman–Crippen MR) is 136 cm³/mol. The maximum Gasteiger partial charge on any atom is 0.331 e. The van der Waals surface area contributed by atoms with E-state index >= 15 is 0 Å². The molecule has 1 atom stereocenters. The average molecular weight is 493 g/mol. The van der Waals surface area contributed by atoms with Gasteiger partial charge in [-0.15, -0.1) is 22.5 Å². The van der Waals surface area contributed by atoms with Gasteiger partial charge >= 0.3 is 5.97 Å². The van der Waals surface area contributed by atoms with Crippen molar-refractivity contribution in [2.75, 3.05) is 24.2 Å². The van der Waals surface area contributed by atoms with Gasteiger partial charge in [-0.1, -0.05) is 44.9 Å². The van der Waals surface area contributed by atoms with E-state index < -0.39 is 16.7 Å². The first-order valence-electron chi connectivity index (χ1n) is 11.0. The molecule has 0 unspecified atom stereocenters. The molecule has 0 radical (unpaired) electrons. The van der Waals surface area contributed by atoms with Gasteiger partial charge in [0.05, 0.1) is 22.9 Å². The smallest absolute Gasteiger partial charge is 0.331 e. The van der Waals surface area contributed by atoms with Gasteiger partial charge in [-0.05, 0) is 30.4 Å². The first-order chi connectivity index (χ1) is 15.8. The zero-order valence-corrected chi connectivity index (χ0v) is 20.8. The van der Waals surface area contributed by atoms with E-state index in [-0.39, 0.29) is 6.04 Å². The Morgan fingerprint density at radius 2 is 1.97 bits per heavy atom. The first kappa shape index (κ1) is 25.5. The number of ether oxygens (including phenoxy) is 1. The highest BCUT2D eigenvalue weighted by Gasteiger charge is 2.37. The van der Waals surface area contributed by atoms with Crippen LogP contribution >= 0.6 is 22.5 Å². The molecule has 0 saturated heterocycles. The molecule has 7 nitrogen and oxygen atoms in total. The van der Waals surface area contributed by atoms with Crippen molar-refractivity contribution < 1.29 is 23.7 Å². The SMILES string of the molecule is CCCC[C@H]1CN(c2ccccc2)c2cc(SCC)c(O/C=C/C(=O)O)cc2S(O)(O)N1C. The minimum atomic E-state index is -3.31. The highest BCUT2D eigenvalue weighted by Crippen LogP contribution is 2.60. The van der Waals surface area contributed by atoms with Gasteiger partial charge in [0, 0.05) is 31.4 Å². The monoisotopic (exact) mass is 492 g/mol. The molecule has 0 aromatic heterocycles. The fourth-order valence-electron chi connectivity index (χ4n) is 3.84. The topological polar surface area (TPSA) is 93.5 Å². The Morgan fingerprint density at radius 3 is 2.61 bits per heavy atom. The van der Waals surface area contributed by atoms with Crippen molar-refractivity contribution in [3.05, 3.63) is 54.8 Å². The van der Waals surface area contributed by atoms with E-state index in [9.17, 15) is 13.9 Å². The molecule has 9 heteroatoms. The van der Waals surface area contributed by atoms with E-state index in [1.807, 2.05) is 43.3 Å². The predicted octanol–water partition coefficient (Wildman–Crippen LogP) is 6.44. The number of likely N-dealkylation sites (N-methyl/N-ethyl adjacent to an activating group) is 1. The Morgan fingerprint density at radius 1 is 1.24 bits per heavy atom. The molecule has 1 aliphatic rings. The van der Waals surface area contributed by atoms with Crippen molar-refractivity contribution in [3.8, 4) is 5.75 Å². The molecular weight excluding hydrogens is 460 g/mol. The number of thioether (sulfide) groups is 1. The summed E-state index contributed by atoms with van der Waals surface area (Å²) in [4.78, 5) is 14.2. The van der Waals surface area contributed by atoms with Gasteiger partial charge < -0.3 is 14.7 Å². The van der Waals surface area contributed by atoms with Crippen LogP contribution in [0.25, 0.3) is 0 Å². The van der Waals surface area contributed by atoms with E-state index in [0.717, 1.165) is 53.6 Å². The maximum absolute atomic E-state index is 11.4. The zero-order chi connectivity index (χ0) is 24.0. The fraction of sp³-hybridized carbons (Fsp3) is 0.375. The number of carbonyl (C=O) groups is 1. The van der Waals surface area contributed by atoms with E-state index in [2.05, 4.69) is 11.8 Å². The van der Waals surface area contributed by atoms with Crippen LogP contribution in [0, 0.1) is 0 Å². The highest BCUT2D eigenvalue weighted by molar-refractivity contribution is 8.22. The van der Waals surface area contributed by atoms with Gasteiger partial charge in [-0.2, -0.15) is 0 Å². The van der Waals surface area contributed by atoms with Crippen molar-refractivity contribution in [1.29, 1.82) is 0 Å². The summed E-state index contributed by atoms with van der Waals surface area (Å²) in [5.41, 5.74) is 1.69. The van der Waals surface area contributed by atoms with Crippen LogP contribution in [0.1, 0.15) is 33.1 Å². The number of hydrogen-bond donors (Lipinski definition) is 3. The number of anilines is 2. The van der Waals surface area contributed by atoms with Crippen LogP contribution in [-0.2, 0) is 4.79 Å². The summed E-state index contributed by atoms with van der Waals surface area (Å²) in [6.45, 7) is 4.75. The lowest BCUT2D eigenvalue weighted by Gasteiger charge is -2.43. The van der Waals surface area contributed by atoms with Gasteiger partial charge in [0.25, 0.3) is 0 Å². The Bertz CT molecular complexity index is 984. The summed E-state index contributed by atoms with van der Waals surface area (Å²) in [5, 5.41) is 8.91. The summed E-state index contributed by atoms with van der Waals surface area (Å²) in [6, 6.07) is 13.4.